The Hall–Kier alpha value is -2.81. The molecule has 0 N–H and O–H groups in total. The van der Waals surface area contributed by atoms with Crippen LogP contribution in [0.1, 0.15) is 23.3 Å². The molecule has 2 atom stereocenters. The van der Waals surface area contributed by atoms with Crippen LogP contribution in [-0.4, -0.2) is 5.91 Å². The molecule has 1 aliphatic heterocycles. The number of hydrogen-bond acceptors (Lipinski definition) is 2. The Morgan fingerprint density at radius 1 is 0.818 bits per heavy atom. The number of carbonyl (C=O) groups is 1. The molecule has 0 aliphatic carbocycles. The Bertz CT molecular complexity index is 716. The standard InChI is InChI=1S/C19H15NO2/c21-19-17(14-8-3-1-4-9-14)18(16-12-7-13-22-16)20(19)15-10-5-2-6-11-15/h1-13,17-18H/t17-,18+/m0/s1. The Morgan fingerprint density at radius 2 is 1.50 bits per heavy atom. The predicted molar refractivity (Wildman–Crippen MR) is 84.6 cm³/mol. The molecular weight excluding hydrogens is 274 g/mol. The van der Waals surface area contributed by atoms with Crippen LogP contribution in [-0.2, 0) is 4.79 Å². The molecule has 22 heavy (non-hydrogen) atoms. The van der Waals surface area contributed by atoms with Crippen LogP contribution >= 0.6 is 0 Å². The predicted octanol–water partition coefficient (Wildman–Crippen LogP) is 4.15. The van der Waals surface area contributed by atoms with E-state index >= 15 is 0 Å². The Morgan fingerprint density at radius 3 is 2.14 bits per heavy atom. The number of nitrogens with zero attached hydrogens (tertiary/aromatic N) is 1. The van der Waals surface area contributed by atoms with Crippen molar-refractivity contribution >= 4 is 11.6 Å². The minimum Gasteiger partial charge on any atom is -0.467 e. The highest BCUT2D eigenvalue weighted by molar-refractivity contribution is 6.06. The zero-order chi connectivity index (χ0) is 14.9. The second-order valence-electron chi connectivity index (χ2n) is 5.39. The maximum Gasteiger partial charge on any atom is 0.237 e. The molecule has 3 nitrogen and oxygen atoms in total. The Balaban J connectivity index is 1.77. The fourth-order valence-corrected chi connectivity index (χ4v) is 3.10. The average Bonchev–Trinajstić information content (AvgIpc) is 3.08. The van der Waals surface area contributed by atoms with Crippen LogP contribution in [0.5, 0.6) is 0 Å². The SMILES string of the molecule is O=C1[C@@H](c2ccccc2)[C@@H](c2ccco2)N1c1ccccc1. The van der Waals surface area contributed by atoms with Crippen LogP contribution in [0.25, 0.3) is 0 Å². The number of anilines is 1. The van der Waals surface area contributed by atoms with E-state index in [1.807, 2.05) is 77.7 Å². The molecule has 0 saturated carbocycles. The smallest absolute Gasteiger partial charge is 0.237 e. The third kappa shape index (κ3) is 1.94. The van der Waals surface area contributed by atoms with Gasteiger partial charge in [0.2, 0.25) is 5.91 Å². The van der Waals surface area contributed by atoms with Gasteiger partial charge < -0.3 is 4.42 Å². The van der Waals surface area contributed by atoms with Gasteiger partial charge >= 0.3 is 0 Å². The lowest BCUT2D eigenvalue weighted by atomic mass is 9.79. The van der Waals surface area contributed by atoms with Gasteiger partial charge in [0.05, 0.1) is 12.2 Å². The number of amides is 1. The summed E-state index contributed by atoms with van der Waals surface area (Å²) >= 11 is 0. The fourth-order valence-electron chi connectivity index (χ4n) is 3.10. The first-order valence-electron chi connectivity index (χ1n) is 7.33. The van der Waals surface area contributed by atoms with Crippen LogP contribution in [0, 0.1) is 0 Å². The Kier molecular flexibility index (Phi) is 3.04. The molecule has 0 radical (unpaired) electrons. The molecule has 1 amide bonds. The maximum atomic E-state index is 12.8. The Labute approximate surface area is 128 Å². The third-order valence-corrected chi connectivity index (χ3v) is 4.13. The first-order chi connectivity index (χ1) is 10.9. The normalized spacial score (nSPS) is 20.7. The van der Waals surface area contributed by atoms with Gasteiger partial charge in [0.1, 0.15) is 11.8 Å². The van der Waals surface area contributed by atoms with Gasteiger partial charge in [-0.1, -0.05) is 48.5 Å². The van der Waals surface area contributed by atoms with Crippen LogP contribution in [0.2, 0.25) is 0 Å². The summed E-state index contributed by atoms with van der Waals surface area (Å²) in [5.41, 5.74) is 1.93. The van der Waals surface area contributed by atoms with E-state index < -0.39 is 0 Å². The van der Waals surface area contributed by atoms with Crippen molar-refractivity contribution in [3.05, 3.63) is 90.4 Å². The summed E-state index contributed by atoms with van der Waals surface area (Å²) in [6.07, 6.45) is 1.66. The molecule has 0 bridgehead atoms. The molecule has 1 fully saturated rings. The van der Waals surface area contributed by atoms with Gasteiger partial charge in [0, 0.05) is 5.69 Å². The van der Waals surface area contributed by atoms with E-state index in [9.17, 15) is 4.79 Å². The molecule has 108 valence electrons. The van der Waals surface area contributed by atoms with Crippen LogP contribution < -0.4 is 4.90 Å². The highest BCUT2D eigenvalue weighted by atomic mass is 16.3. The largest absolute Gasteiger partial charge is 0.467 e. The molecule has 3 aromatic rings. The monoisotopic (exact) mass is 289 g/mol. The lowest BCUT2D eigenvalue weighted by Crippen LogP contribution is -2.53. The quantitative estimate of drug-likeness (QED) is 0.679. The average molecular weight is 289 g/mol. The van der Waals surface area contributed by atoms with Crippen molar-refractivity contribution in [2.75, 3.05) is 4.90 Å². The van der Waals surface area contributed by atoms with E-state index in [-0.39, 0.29) is 17.9 Å². The van der Waals surface area contributed by atoms with Gasteiger partial charge in [0.25, 0.3) is 0 Å². The molecule has 0 unspecified atom stereocenters. The van der Waals surface area contributed by atoms with E-state index in [0.717, 1.165) is 17.0 Å². The van der Waals surface area contributed by atoms with Crippen molar-refractivity contribution < 1.29 is 9.21 Å². The molecule has 3 heteroatoms. The topological polar surface area (TPSA) is 33.5 Å². The van der Waals surface area contributed by atoms with Crippen molar-refractivity contribution in [1.29, 1.82) is 0 Å². The molecule has 1 aromatic heterocycles. The zero-order valence-electron chi connectivity index (χ0n) is 11.9. The first kappa shape index (κ1) is 12.9. The van der Waals surface area contributed by atoms with Crippen molar-refractivity contribution in [2.24, 2.45) is 0 Å². The van der Waals surface area contributed by atoms with Crippen molar-refractivity contribution in [2.45, 2.75) is 12.0 Å². The van der Waals surface area contributed by atoms with E-state index in [4.69, 9.17) is 4.42 Å². The van der Waals surface area contributed by atoms with Crippen LogP contribution in [0.4, 0.5) is 5.69 Å². The summed E-state index contributed by atoms with van der Waals surface area (Å²) in [6, 6.07) is 23.3. The van der Waals surface area contributed by atoms with E-state index in [2.05, 4.69) is 0 Å². The van der Waals surface area contributed by atoms with E-state index in [1.165, 1.54) is 0 Å². The number of β-lactam (4-membered cyclic amide) rings is 1. The van der Waals surface area contributed by atoms with Gasteiger partial charge in [-0.05, 0) is 29.8 Å². The minimum atomic E-state index is -0.187. The number of benzene rings is 2. The van der Waals surface area contributed by atoms with Crippen LogP contribution in [0.15, 0.2) is 83.5 Å². The summed E-state index contributed by atoms with van der Waals surface area (Å²) < 4.78 is 5.60. The van der Waals surface area contributed by atoms with Gasteiger partial charge in [-0.2, -0.15) is 0 Å². The van der Waals surface area contributed by atoms with E-state index in [0.29, 0.717) is 0 Å². The number of para-hydroxylation sites is 1. The van der Waals surface area contributed by atoms with Crippen molar-refractivity contribution in [3.8, 4) is 0 Å². The summed E-state index contributed by atoms with van der Waals surface area (Å²) in [5, 5.41) is 0. The second kappa shape index (κ2) is 5.19. The summed E-state index contributed by atoms with van der Waals surface area (Å²) in [7, 11) is 0. The van der Waals surface area contributed by atoms with Gasteiger partial charge in [-0.15, -0.1) is 0 Å². The number of carbonyl (C=O) groups excluding carboxylic acids is 1. The molecule has 2 heterocycles. The minimum absolute atomic E-state index is 0.0905. The molecule has 1 saturated heterocycles. The van der Waals surface area contributed by atoms with Gasteiger partial charge in [-0.3, -0.25) is 9.69 Å². The molecule has 0 spiro atoms. The highest BCUT2D eigenvalue weighted by Crippen LogP contribution is 2.48. The highest BCUT2D eigenvalue weighted by Gasteiger charge is 2.50. The fraction of sp³-hybridized carbons (Fsp3) is 0.105. The summed E-state index contributed by atoms with van der Waals surface area (Å²) in [4.78, 5) is 14.6. The number of hydrogen-bond donors (Lipinski definition) is 0. The second-order valence-corrected chi connectivity index (χ2v) is 5.39. The molecular formula is C19H15NO2. The maximum absolute atomic E-state index is 12.8. The third-order valence-electron chi connectivity index (χ3n) is 4.13. The van der Waals surface area contributed by atoms with Crippen molar-refractivity contribution in [3.63, 3.8) is 0 Å². The van der Waals surface area contributed by atoms with E-state index in [1.54, 1.807) is 6.26 Å². The zero-order valence-corrected chi connectivity index (χ0v) is 11.9. The van der Waals surface area contributed by atoms with Gasteiger partial charge in [0.15, 0.2) is 0 Å². The number of furan rings is 1. The number of rotatable bonds is 3. The first-order valence-corrected chi connectivity index (χ1v) is 7.33. The molecule has 1 aliphatic rings. The lowest BCUT2D eigenvalue weighted by Gasteiger charge is -2.46. The molecule has 2 aromatic carbocycles. The lowest BCUT2D eigenvalue weighted by molar-refractivity contribution is -0.127. The van der Waals surface area contributed by atoms with Gasteiger partial charge in [-0.25, -0.2) is 0 Å². The van der Waals surface area contributed by atoms with Crippen LogP contribution in [0.3, 0.4) is 0 Å². The summed E-state index contributed by atoms with van der Waals surface area (Å²) in [6.45, 7) is 0. The summed E-state index contributed by atoms with van der Waals surface area (Å²) in [5.74, 6) is 0.740. The van der Waals surface area contributed by atoms with Crippen molar-refractivity contribution in [1.82, 2.24) is 0 Å². The molecule has 4 rings (SSSR count).